The van der Waals surface area contributed by atoms with E-state index in [9.17, 15) is 20.0 Å². The van der Waals surface area contributed by atoms with Crippen LogP contribution in [-0.2, 0) is 15.1 Å². The maximum Gasteiger partial charge on any atom is 0.349 e. The Balaban J connectivity index is 3.13. The van der Waals surface area contributed by atoms with E-state index in [0.717, 1.165) is 4.90 Å². The van der Waals surface area contributed by atoms with Gasteiger partial charge in [0.1, 0.15) is 0 Å². The van der Waals surface area contributed by atoms with Crippen LogP contribution in [0.25, 0.3) is 0 Å². The zero-order chi connectivity index (χ0) is 14.5. The summed E-state index contributed by atoms with van der Waals surface area (Å²) in [5.41, 5.74) is -2.10. The predicted molar refractivity (Wildman–Crippen MR) is 70.6 cm³/mol. The Labute approximate surface area is 114 Å². The van der Waals surface area contributed by atoms with Gasteiger partial charge in [0, 0.05) is 15.4 Å². The quantitative estimate of drug-likeness (QED) is 0.368. The molecular formula is C12H15NO5S. The second kappa shape index (κ2) is 6.53. The van der Waals surface area contributed by atoms with Gasteiger partial charge in [-0.3, -0.25) is 10.1 Å². The van der Waals surface area contributed by atoms with E-state index in [1.165, 1.54) is 23.9 Å². The maximum atomic E-state index is 11.8. The second-order valence-corrected chi connectivity index (χ2v) is 4.68. The van der Waals surface area contributed by atoms with Crippen LogP contribution in [0.5, 0.6) is 0 Å². The van der Waals surface area contributed by atoms with Gasteiger partial charge in [-0.15, -0.1) is 11.8 Å². The number of hydrogen-bond donors (Lipinski definition) is 1. The number of esters is 1. The molecule has 1 aromatic carbocycles. The number of nitrogens with zero attached hydrogens (tertiary/aromatic N) is 1. The molecule has 0 unspecified atom stereocenters. The van der Waals surface area contributed by atoms with Crippen molar-refractivity contribution in [3.63, 3.8) is 0 Å². The summed E-state index contributed by atoms with van der Waals surface area (Å²) >= 11 is 1.49. The largest absolute Gasteiger partial charge is 0.463 e. The fourth-order valence-electron chi connectivity index (χ4n) is 1.58. The van der Waals surface area contributed by atoms with Gasteiger partial charge in [-0.2, -0.15) is 0 Å². The lowest BCUT2D eigenvalue weighted by Gasteiger charge is -2.22. The lowest BCUT2D eigenvalue weighted by molar-refractivity contribution is -0.499. The van der Waals surface area contributed by atoms with E-state index >= 15 is 0 Å². The van der Waals surface area contributed by atoms with E-state index in [2.05, 4.69) is 0 Å². The van der Waals surface area contributed by atoms with Gasteiger partial charge in [0.15, 0.2) is 0 Å². The molecule has 1 N–H and O–H groups in total. The molecule has 1 aromatic rings. The molecule has 0 amide bonds. The summed E-state index contributed by atoms with van der Waals surface area (Å²) in [6, 6.07) is 6.35. The first kappa shape index (κ1) is 15.5. The van der Waals surface area contributed by atoms with Crippen LogP contribution in [-0.4, -0.2) is 35.4 Å². The highest BCUT2D eigenvalue weighted by molar-refractivity contribution is 7.98. The van der Waals surface area contributed by atoms with Crippen molar-refractivity contribution in [3.05, 3.63) is 39.9 Å². The lowest BCUT2D eigenvalue weighted by atomic mass is 9.94. The minimum Gasteiger partial charge on any atom is -0.463 e. The molecule has 0 aliphatic rings. The highest BCUT2D eigenvalue weighted by Gasteiger charge is 2.45. The number of carbonyl (C=O) groups excluding carboxylic acids is 1. The van der Waals surface area contributed by atoms with Crippen LogP contribution < -0.4 is 0 Å². The molecule has 0 aliphatic heterocycles. The van der Waals surface area contributed by atoms with Crippen LogP contribution in [0.1, 0.15) is 12.5 Å². The summed E-state index contributed by atoms with van der Waals surface area (Å²) in [4.78, 5) is 22.6. The van der Waals surface area contributed by atoms with Gasteiger partial charge in [0.2, 0.25) is 6.54 Å². The SMILES string of the molecule is CCOC(=O)[C@@](O)(C[N+](=O)[O-])c1ccc(SC)cc1. The number of carbonyl (C=O) groups is 1. The van der Waals surface area contributed by atoms with E-state index in [1.54, 1.807) is 19.1 Å². The number of rotatable bonds is 6. The number of aliphatic hydroxyl groups is 1. The first-order valence-electron chi connectivity index (χ1n) is 5.60. The van der Waals surface area contributed by atoms with Crippen LogP contribution >= 0.6 is 11.8 Å². The van der Waals surface area contributed by atoms with Gasteiger partial charge in [-0.1, -0.05) is 12.1 Å². The molecule has 0 heterocycles. The first-order chi connectivity index (χ1) is 8.93. The van der Waals surface area contributed by atoms with Crippen molar-refractivity contribution < 1.29 is 19.6 Å². The first-order valence-corrected chi connectivity index (χ1v) is 6.82. The maximum absolute atomic E-state index is 11.8. The number of thioether (sulfide) groups is 1. The molecule has 19 heavy (non-hydrogen) atoms. The van der Waals surface area contributed by atoms with Crippen LogP contribution in [0.2, 0.25) is 0 Å². The predicted octanol–water partition coefficient (Wildman–Crippen LogP) is 1.44. The Morgan fingerprint density at radius 2 is 2.05 bits per heavy atom. The molecule has 1 atom stereocenters. The smallest absolute Gasteiger partial charge is 0.349 e. The van der Waals surface area contributed by atoms with Gasteiger partial charge >= 0.3 is 5.97 Å². The normalized spacial score (nSPS) is 13.6. The van der Waals surface area contributed by atoms with E-state index in [-0.39, 0.29) is 12.2 Å². The van der Waals surface area contributed by atoms with E-state index in [1.807, 2.05) is 6.26 Å². The topological polar surface area (TPSA) is 89.7 Å². The van der Waals surface area contributed by atoms with Gasteiger partial charge in [0.25, 0.3) is 5.60 Å². The van der Waals surface area contributed by atoms with Gasteiger partial charge in [-0.25, -0.2) is 4.79 Å². The Morgan fingerprint density at radius 3 is 2.47 bits per heavy atom. The Hall–Kier alpha value is -1.60. The molecule has 0 fully saturated rings. The van der Waals surface area contributed by atoms with Gasteiger partial charge < -0.3 is 9.84 Å². The number of nitro groups is 1. The van der Waals surface area contributed by atoms with Crippen molar-refractivity contribution in [2.24, 2.45) is 0 Å². The van der Waals surface area contributed by atoms with Crippen LogP contribution in [0.15, 0.2) is 29.2 Å². The highest BCUT2D eigenvalue weighted by Crippen LogP contribution is 2.26. The molecule has 7 heteroatoms. The average Bonchev–Trinajstić information content (AvgIpc) is 2.38. The summed E-state index contributed by atoms with van der Waals surface area (Å²) in [5, 5.41) is 20.9. The molecule has 104 valence electrons. The highest BCUT2D eigenvalue weighted by atomic mass is 32.2. The summed E-state index contributed by atoms with van der Waals surface area (Å²) in [6.45, 7) is 0.688. The third-order valence-corrected chi connectivity index (χ3v) is 3.28. The van der Waals surface area contributed by atoms with Crippen molar-refractivity contribution in [1.29, 1.82) is 0 Å². The molecule has 0 saturated heterocycles. The van der Waals surface area contributed by atoms with Gasteiger partial charge in [-0.05, 0) is 25.3 Å². The Morgan fingerprint density at radius 1 is 1.47 bits per heavy atom. The van der Waals surface area contributed by atoms with Crippen molar-refractivity contribution in [2.45, 2.75) is 17.4 Å². The summed E-state index contributed by atoms with van der Waals surface area (Å²) in [5.74, 6) is -1.01. The third-order valence-electron chi connectivity index (χ3n) is 2.54. The average molecular weight is 285 g/mol. The minimum absolute atomic E-state index is 0.0434. The molecule has 6 nitrogen and oxygen atoms in total. The Kier molecular flexibility index (Phi) is 5.31. The van der Waals surface area contributed by atoms with E-state index in [0.29, 0.717) is 0 Å². The van der Waals surface area contributed by atoms with Crippen molar-refractivity contribution in [1.82, 2.24) is 0 Å². The summed E-state index contributed by atoms with van der Waals surface area (Å²) in [7, 11) is 0. The second-order valence-electron chi connectivity index (χ2n) is 3.80. The zero-order valence-corrected chi connectivity index (χ0v) is 11.5. The molecular weight excluding hydrogens is 270 g/mol. The molecule has 0 bridgehead atoms. The summed E-state index contributed by atoms with van der Waals surface area (Å²) in [6.07, 6.45) is 1.88. The zero-order valence-electron chi connectivity index (χ0n) is 10.7. The molecule has 0 saturated carbocycles. The summed E-state index contributed by atoms with van der Waals surface area (Å²) < 4.78 is 4.72. The van der Waals surface area contributed by atoms with E-state index in [4.69, 9.17) is 4.74 Å². The fourth-order valence-corrected chi connectivity index (χ4v) is 1.99. The third kappa shape index (κ3) is 3.68. The molecule has 0 aromatic heterocycles. The fraction of sp³-hybridized carbons (Fsp3) is 0.417. The molecule has 0 radical (unpaired) electrons. The van der Waals surface area contributed by atoms with E-state index < -0.39 is 23.0 Å². The Bertz CT molecular complexity index is 462. The van der Waals surface area contributed by atoms with Crippen molar-refractivity contribution in [2.75, 3.05) is 19.4 Å². The number of benzene rings is 1. The minimum atomic E-state index is -2.25. The number of hydrogen-bond acceptors (Lipinski definition) is 6. The van der Waals surface area contributed by atoms with Gasteiger partial charge in [0.05, 0.1) is 6.61 Å². The lowest BCUT2D eigenvalue weighted by Crippen LogP contribution is -2.43. The van der Waals surface area contributed by atoms with Crippen LogP contribution in [0, 0.1) is 10.1 Å². The monoisotopic (exact) mass is 285 g/mol. The van der Waals surface area contributed by atoms with Crippen molar-refractivity contribution in [3.8, 4) is 0 Å². The molecule has 1 rings (SSSR count). The van der Waals surface area contributed by atoms with Crippen molar-refractivity contribution >= 4 is 17.7 Å². The molecule has 0 spiro atoms. The number of ether oxygens (including phenoxy) is 1. The van der Waals surface area contributed by atoms with Crippen LogP contribution in [0.4, 0.5) is 0 Å². The molecule has 0 aliphatic carbocycles. The standard InChI is InChI=1S/C12H15NO5S/c1-3-18-11(14)12(15,8-13(16)17)9-4-6-10(19-2)7-5-9/h4-7,15H,3,8H2,1-2H3/t12-/m1/s1. The van der Waals surface area contributed by atoms with Crippen LogP contribution in [0.3, 0.4) is 0 Å².